The molecule has 8 heteroatoms. The summed E-state index contributed by atoms with van der Waals surface area (Å²) in [6.45, 7) is 0.525. The second-order valence-corrected chi connectivity index (χ2v) is 8.53. The minimum absolute atomic E-state index is 0.0610. The summed E-state index contributed by atoms with van der Waals surface area (Å²) in [6.07, 6.45) is 2.32. The molecule has 1 fully saturated rings. The number of esters is 1. The Labute approximate surface area is 180 Å². The van der Waals surface area contributed by atoms with E-state index in [1.165, 1.54) is 7.11 Å². The van der Waals surface area contributed by atoms with Crippen LogP contribution in [0.3, 0.4) is 0 Å². The van der Waals surface area contributed by atoms with E-state index in [-0.39, 0.29) is 21.9 Å². The van der Waals surface area contributed by atoms with Gasteiger partial charge in [0.25, 0.3) is 0 Å². The molecule has 0 bridgehead atoms. The van der Waals surface area contributed by atoms with Crippen LogP contribution in [0, 0.1) is 28.4 Å². The second-order valence-electron chi connectivity index (χ2n) is 7.68. The van der Waals surface area contributed by atoms with Crippen molar-refractivity contribution in [3.8, 4) is 6.07 Å². The Morgan fingerprint density at radius 3 is 2.73 bits per heavy atom. The third kappa shape index (κ3) is 3.82. The average Bonchev–Trinajstić information content (AvgIpc) is 3.40. The number of methoxy groups -OCH3 is 1. The van der Waals surface area contributed by atoms with E-state index in [4.69, 9.17) is 4.74 Å². The van der Waals surface area contributed by atoms with Crippen molar-refractivity contribution in [3.05, 3.63) is 63.4 Å². The van der Waals surface area contributed by atoms with E-state index in [0.717, 1.165) is 25.0 Å². The number of halogens is 3. The van der Waals surface area contributed by atoms with E-state index in [2.05, 4.69) is 27.0 Å². The normalized spacial score (nSPS) is 14.5. The molecule has 0 atom stereocenters. The highest BCUT2D eigenvalue weighted by Gasteiger charge is 2.43. The smallest absolute Gasteiger partial charge is 0.337 e. The first-order valence-corrected chi connectivity index (χ1v) is 10.2. The fourth-order valence-corrected chi connectivity index (χ4v) is 3.98. The number of fused-ring (bicyclic) bond motifs is 1. The zero-order chi connectivity index (χ0) is 21.5. The second kappa shape index (κ2) is 7.80. The van der Waals surface area contributed by atoms with Gasteiger partial charge in [0.1, 0.15) is 17.5 Å². The molecule has 0 amide bonds. The molecule has 1 heterocycles. The molecule has 0 spiro atoms. The van der Waals surface area contributed by atoms with Crippen LogP contribution in [0.15, 0.2) is 34.8 Å². The predicted molar refractivity (Wildman–Crippen MR) is 110 cm³/mol. The fourth-order valence-electron chi connectivity index (χ4n) is 3.67. The predicted octanol–water partition coefficient (Wildman–Crippen LogP) is 5.15. The van der Waals surface area contributed by atoms with E-state index >= 15 is 0 Å². The summed E-state index contributed by atoms with van der Waals surface area (Å²) in [5.74, 6) is -0.997. The maximum Gasteiger partial charge on any atom is 0.337 e. The summed E-state index contributed by atoms with van der Waals surface area (Å²) in [4.78, 5) is 16.6. The third-order valence-corrected chi connectivity index (χ3v) is 6.20. The number of ether oxygens (including phenoxy) is 1. The van der Waals surface area contributed by atoms with Gasteiger partial charge in [0, 0.05) is 24.8 Å². The van der Waals surface area contributed by atoms with E-state index in [0.29, 0.717) is 35.4 Å². The lowest BCUT2D eigenvalue weighted by Crippen LogP contribution is -2.15. The number of carbonyl (C=O) groups is 1. The number of aromatic nitrogens is 2. The molecule has 0 aliphatic heterocycles. The highest BCUT2D eigenvalue weighted by atomic mass is 79.9. The van der Waals surface area contributed by atoms with Crippen molar-refractivity contribution in [3.63, 3.8) is 0 Å². The van der Waals surface area contributed by atoms with E-state index in [9.17, 15) is 18.8 Å². The third-order valence-electron chi connectivity index (χ3n) is 5.59. The lowest BCUT2D eigenvalue weighted by Gasteiger charge is -2.16. The molecular weight excluding hydrogens is 456 g/mol. The first-order chi connectivity index (χ1) is 14.4. The Balaban J connectivity index is 1.82. The molecule has 154 valence electrons. The first-order valence-electron chi connectivity index (χ1n) is 9.44. The fraction of sp³-hybridized carbons (Fsp3) is 0.318. The molecule has 0 N–H and O–H groups in total. The van der Waals surface area contributed by atoms with Crippen LogP contribution in [0.5, 0.6) is 0 Å². The molecule has 1 saturated carbocycles. The molecule has 0 unspecified atom stereocenters. The van der Waals surface area contributed by atoms with Crippen molar-refractivity contribution in [2.75, 3.05) is 7.11 Å². The van der Waals surface area contributed by atoms with E-state index in [1.54, 1.807) is 18.2 Å². The van der Waals surface area contributed by atoms with Gasteiger partial charge in [-0.25, -0.2) is 18.6 Å². The largest absolute Gasteiger partial charge is 0.465 e. The monoisotopic (exact) mass is 473 g/mol. The standard InChI is InChI=1S/C22H18BrF2N3O2/c1-30-21(29)13-2-3-18-19(9-13)28(12-22(4-5-22)6-7-26)20(27-18)10-14-8-17(25)15(23)11-16(14)24/h2-3,8-9,11H,4-6,10,12H2,1H3. The lowest BCUT2D eigenvalue weighted by molar-refractivity contribution is 0.0601. The van der Waals surface area contributed by atoms with E-state index < -0.39 is 17.6 Å². The molecule has 0 saturated heterocycles. The van der Waals surface area contributed by atoms with Gasteiger partial charge < -0.3 is 9.30 Å². The molecule has 3 aromatic rings. The zero-order valence-electron chi connectivity index (χ0n) is 16.2. The molecule has 0 radical (unpaired) electrons. The summed E-state index contributed by atoms with van der Waals surface area (Å²) < 4.78 is 35.2. The summed E-state index contributed by atoms with van der Waals surface area (Å²) in [5.41, 5.74) is 1.76. The number of imidazole rings is 1. The molecule has 1 aliphatic rings. The van der Waals surface area contributed by atoms with Crippen LogP contribution >= 0.6 is 15.9 Å². The number of carbonyl (C=O) groups excluding carboxylic acids is 1. The van der Waals surface area contributed by atoms with Gasteiger partial charge in [0.2, 0.25) is 0 Å². The van der Waals surface area contributed by atoms with Gasteiger partial charge in [0.05, 0.1) is 34.2 Å². The number of benzene rings is 2. The number of hydrogen-bond acceptors (Lipinski definition) is 4. The number of nitrogens with zero attached hydrogens (tertiary/aromatic N) is 3. The molecular formula is C22H18BrF2N3O2. The zero-order valence-corrected chi connectivity index (χ0v) is 17.8. The molecule has 2 aromatic carbocycles. The molecule has 1 aliphatic carbocycles. The van der Waals surface area contributed by atoms with Gasteiger partial charge in [-0.05, 0) is 64.7 Å². The van der Waals surface area contributed by atoms with Gasteiger partial charge >= 0.3 is 5.97 Å². The maximum atomic E-state index is 14.5. The van der Waals surface area contributed by atoms with Crippen LogP contribution in [0.1, 0.15) is 41.0 Å². The van der Waals surface area contributed by atoms with Crippen LogP contribution in [-0.2, 0) is 17.7 Å². The SMILES string of the molecule is COC(=O)c1ccc2nc(Cc3cc(F)c(Br)cc3F)n(CC3(CC#N)CC3)c2c1. The molecule has 1 aromatic heterocycles. The number of rotatable bonds is 6. The van der Waals surface area contributed by atoms with Crippen molar-refractivity contribution < 1.29 is 18.3 Å². The van der Waals surface area contributed by atoms with Crippen molar-refractivity contribution in [2.45, 2.75) is 32.2 Å². The highest BCUT2D eigenvalue weighted by molar-refractivity contribution is 9.10. The van der Waals surface area contributed by atoms with Gasteiger partial charge in [-0.3, -0.25) is 0 Å². The van der Waals surface area contributed by atoms with E-state index in [1.807, 2.05) is 4.57 Å². The van der Waals surface area contributed by atoms with Crippen LogP contribution < -0.4 is 0 Å². The van der Waals surface area contributed by atoms with Crippen LogP contribution in [-0.4, -0.2) is 22.6 Å². The lowest BCUT2D eigenvalue weighted by atomic mass is 10.0. The molecule has 30 heavy (non-hydrogen) atoms. The maximum absolute atomic E-state index is 14.5. The number of nitriles is 1. The Hall–Kier alpha value is -2.79. The van der Waals surface area contributed by atoms with Crippen molar-refractivity contribution in [1.82, 2.24) is 9.55 Å². The van der Waals surface area contributed by atoms with Crippen molar-refractivity contribution in [1.29, 1.82) is 5.26 Å². The topological polar surface area (TPSA) is 67.9 Å². The van der Waals surface area contributed by atoms with Crippen LogP contribution in [0.25, 0.3) is 11.0 Å². The van der Waals surface area contributed by atoms with Crippen molar-refractivity contribution >= 4 is 32.9 Å². The quantitative estimate of drug-likeness (QED) is 0.366. The summed E-state index contributed by atoms with van der Waals surface area (Å²) >= 11 is 2.99. The molecule has 4 rings (SSSR count). The van der Waals surface area contributed by atoms with Gasteiger partial charge in [-0.2, -0.15) is 5.26 Å². The number of hydrogen-bond donors (Lipinski definition) is 0. The Kier molecular flexibility index (Phi) is 5.33. The van der Waals surface area contributed by atoms with Crippen LogP contribution in [0.4, 0.5) is 8.78 Å². The Morgan fingerprint density at radius 1 is 1.30 bits per heavy atom. The summed E-state index contributed by atoms with van der Waals surface area (Å²) in [7, 11) is 1.31. The first kappa shape index (κ1) is 20.5. The van der Waals surface area contributed by atoms with Gasteiger partial charge in [0.15, 0.2) is 0 Å². The highest BCUT2D eigenvalue weighted by Crippen LogP contribution is 2.50. The van der Waals surface area contributed by atoms with Crippen LogP contribution in [0.2, 0.25) is 0 Å². The summed E-state index contributed by atoms with van der Waals surface area (Å²) in [6, 6.07) is 9.53. The summed E-state index contributed by atoms with van der Waals surface area (Å²) in [5, 5.41) is 9.20. The van der Waals surface area contributed by atoms with Gasteiger partial charge in [-0.15, -0.1) is 0 Å². The molecule has 5 nitrogen and oxygen atoms in total. The minimum Gasteiger partial charge on any atom is -0.465 e. The Bertz CT molecular complexity index is 1200. The Morgan fingerprint density at radius 2 is 2.07 bits per heavy atom. The van der Waals surface area contributed by atoms with Gasteiger partial charge in [-0.1, -0.05) is 0 Å². The average molecular weight is 474 g/mol. The minimum atomic E-state index is -0.551. The van der Waals surface area contributed by atoms with Crippen molar-refractivity contribution in [2.24, 2.45) is 5.41 Å².